The molecule has 0 saturated heterocycles. The number of hydrogen-bond donors (Lipinski definition) is 0. The molecule has 0 N–H and O–H groups in total. The van der Waals surface area contributed by atoms with Gasteiger partial charge in [0.25, 0.3) is 0 Å². The van der Waals surface area contributed by atoms with E-state index >= 15 is 0 Å². The van der Waals surface area contributed by atoms with Crippen LogP contribution in [0.4, 0.5) is 0 Å². The van der Waals surface area contributed by atoms with Crippen molar-refractivity contribution in [1.29, 1.82) is 5.26 Å². The molecule has 1 aromatic carbocycles. The molecule has 0 spiro atoms. The highest BCUT2D eigenvalue weighted by Gasteiger charge is 2.17. The average molecular weight is 273 g/mol. The number of Topliss-reactive ketones (excluding diaryl/α,β-unsaturated/α-hetero) is 1. The maximum atomic E-state index is 11.1. The lowest BCUT2D eigenvalue weighted by atomic mass is 10.1. The van der Waals surface area contributed by atoms with Crippen LogP contribution in [0.25, 0.3) is 0 Å². The molecule has 0 bridgehead atoms. The molecular weight excluding hydrogens is 265 g/mol. The monoisotopic (exact) mass is 271 g/mol. The molecule has 0 fully saturated rings. The van der Waals surface area contributed by atoms with Crippen molar-refractivity contribution in [3.63, 3.8) is 0 Å². The molecule has 72 valence electrons. The van der Waals surface area contributed by atoms with E-state index in [2.05, 4.69) is 15.9 Å². The van der Waals surface area contributed by atoms with E-state index < -0.39 is 5.38 Å². The number of nitrogens with zero attached hydrogens (tertiary/aromatic N) is 1. The van der Waals surface area contributed by atoms with Crippen molar-refractivity contribution in [1.82, 2.24) is 0 Å². The second-order valence-electron chi connectivity index (χ2n) is 2.79. The summed E-state index contributed by atoms with van der Waals surface area (Å²) in [5.41, 5.74) is 1.12. The topological polar surface area (TPSA) is 40.9 Å². The lowest BCUT2D eigenvalue weighted by Gasteiger charge is -2.08. The summed E-state index contributed by atoms with van der Waals surface area (Å²) in [4.78, 5) is 11.1. The minimum atomic E-state index is -0.697. The second-order valence-corrected chi connectivity index (χ2v) is 4.02. The van der Waals surface area contributed by atoms with Gasteiger partial charge in [0.15, 0.2) is 5.78 Å². The second kappa shape index (κ2) is 4.59. The van der Waals surface area contributed by atoms with Crippen LogP contribution in [0.15, 0.2) is 22.7 Å². The Labute approximate surface area is 95.6 Å². The van der Waals surface area contributed by atoms with Gasteiger partial charge in [-0.15, -0.1) is 11.6 Å². The zero-order valence-corrected chi connectivity index (χ0v) is 9.76. The molecule has 0 radical (unpaired) electrons. The van der Waals surface area contributed by atoms with Gasteiger partial charge >= 0.3 is 0 Å². The van der Waals surface area contributed by atoms with Crippen molar-refractivity contribution in [3.8, 4) is 6.07 Å². The third-order valence-corrected chi connectivity index (χ3v) is 3.21. The summed E-state index contributed by atoms with van der Waals surface area (Å²) in [6.07, 6.45) is 0. The molecule has 0 amide bonds. The maximum absolute atomic E-state index is 11.1. The van der Waals surface area contributed by atoms with Crippen LogP contribution in [0.1, 0.15) is 23.4 Å². The SMILES string of the molecule is CC(=O)C(Cl)c1cccc(C#N)c1Br. The van der Waals surface area contributed by atoms with Crippen LogP contribution in [0, 0.1) is 11.3 Å². The van der Waals surface area contributed by atoms with Crippen LogP contribution >= 0.6 is 27.5 Å². The maximum Gasteiger partial charge on any atom is 0.152 e. The normalized spacial score (nSPS) is 11.9. The Hall–Kier alpha value is -0.850. The number of ketones is 1. The van der Waals surface area contributed by atoms with Crippen molar-refractivity contribution in [2.75, 3.05) is 0 Å². The van der Waals surface area contributed by atoms with Gasteiger partial charge in [-0.1, -0.05) is 12.1 Å². The van der Waals surface area contributed by atoms with Gasteiger partial charge in [0.1, 0.15) is 11.4 Å². The van der Waals surface area contributed by atoms with Crippen LogP contribution in [0.2, 0.25) is 0 Å². The van der Waals surface area contributed by atoms with E-state index in [1.54, 1.807) is 18.2 Å². The molecule has 1 aromatic rings. The molecule has 14 heavy (non-hydrogen) atoms. The Kier molecular flexibility index (Phi) is 3.68. The van der Waals surface area contributed by atoms with Crippen molar-refractivity contribution in [2.45, 2.75) is 12.3 Å². The van der Waals surface area contributed by atoms with Gasteiger partial charge in [-0.3, -0.25) is 4.79 Å². The molecule has 0 saturated carbocycles. The number of benzene rings is 1. The minimum Gasteiger partial charge on any atom is -0.298 e. The van der Waals surface area contributed by atoms with Gasteiger partial charge in [0.05, 0.1) is 5.56 Å². The molecule has 0 heterocycles. The van der Waals surface area contributed by atoms with Crippen molar-refractivity contribution in [3.05, 3.63) is 33.8 Å². The number of hydrogen-bond acceptors (Lipinski definition) is 2. The van der Waals surface area contributed by atoms with Gasteiger partial charge in [-0.2, -0.15) is 5.26 Å². The van der Waals surface area contributed by atoms with E-state index in [1.165, 1.54) is 6.92 Å². The number of halogens is 2. The third kappa shape index (κ3) is 2.14. The molecule has 0 aromatic heterocycles. The van der Waals surface area contributed by atoms with Gasteiger partial charge in [0.2, 0.25) is 0 Å². The number of carbonyl (C=O) groups is 1. The molecule has 0 aliphatic carbocycles. The molecular formula is C10H7BrClNO. The fraction of sp³-hybridized carbons (Fsp3) is 0.200. The van der Waals surface area contributed by atoms with Crippen molar-refractivity contribution in [2.24, 2.45) is 0 Å². The fourth-order valence-corrected chi connectivity index (χ4v) is 1.95. The summed E-state index contributed by atoms with van der Waals surface area (Å²) >= 11 is 9.14. The van der Waals surface area contributed by atoms with Crippen LogP contribution in [0.5, 0.6) is 0 Å². The lowest BCUT2D eigenvalue weighted by molar-refractivity contribution is -0.116. The lowest BCUT2D eigenvalue weighted by Crippen LogP contribution is -2.03. The Bertz CT molecular complexity index is 411. The van der Waals surface area contributed by atoms with E-state index in [9.17, 15) is 4.79 Å². The molecule has 0 aliphatic rings. The largest absolute Gasteiger partial charge is 0.298 e. The number of carbonyl (C=O) groups excluding carboxylic acids is 1. The van der Waals surface area contributed by atoms with Gasteiger partial charge < -0.3 is 0 Å². The highest BCUT2D eigenvalue weighted by molar-refractivity contribution is 9.10. The predicted octanol–water partition coefficient (Wildman–Crippen LogP) is 3.19. The first-order valence-electron chi connectivity index (χ1n) is 3.91. The molecule has 1 unspecified atom stereocenters. The van der Waals surface area contributed by atoms with Crippen LogP contribution in [-0.2, 0) is 4.79 Å². The first-order chi connectivity index (χ1) is 6.57. The third-order valence-electron chi connectivity index (χ3n) is 1.78. The van der Waals surface area contributed by atoms with Crippen LogP contribution < -0.4 is 0 Å². The first kappa shape index (κ1) is 11.2. The van der Waals surface area contributed by atoms with E-state index in [-0.39, 0.29) is 5.78 Å². The molecule has 2 nitrogen and oxygen atoms in total. The first-order valence-corrected chi connectivity index (χ1v) is 5.14. The summed E-state index contributed by atoms with van der Waals surface area (Å²) in [7, 11) is 0. The molecule has 0 aliphatic heterocycles. The summed E-state index contributed by atoms with van der Waals surface area (Å²) in [5, 5.41) is 8.06. The quantitative estimate of drug-likeness (QED) is 0.776. The minimum absolute atomic E-state index is 0.137. The Balaban J connectivity index is 3.24. The Morgan fingerprint density at radius 1 is 1.64 bits per heavy atom. The predicted molar refractivity (Wildman–Crippen MR) is 58.1 cm³/mol. The Morgan fingerprint density at radius 2 is 2.29 bits per heavy atom. The van der Waals surface area contributed by atoms with E-state index in [1.807, 2.05) is 6.07 Å². The van der Waals surface area contributed by atoms with Gasteiger partial charge in [-0.05, 0) is 34.5 Å². The fourth-order valence-electron chi connectivity index (χ4n) is 1.05. The smallest absolute Gasteiger partial charge is 0.152 e. The zero-order valence-electron chi connectivity index (χ0n) is 7.42. The van der Waals surface area contributed by atoms with Crippen molar-refractivity contribution < 1.29 is 4.79 Å². The van der Waals surface area contributed by atoms with Crippen LogP contribution in [-0.4, -0.2) is 5.78 Å². The summed E-state index contributed by atoms with van der Waals surface area (Å²) in [5.74, 6) is -0.137. The standard InChI is InChI=1S/C10H7BrClNO/c1-6(14)10(12)8-4-2-3-7(5-13)9(8)11/h2-4,10H,1H3. The Morgan fingerprint density at radius 3 is 2.79 bits per heavy atom. The van der Waals surface area contributed by atoms with E-state index in [0.29, 0.717) is 15.6 Å². The van der Waals surface area contributed by atoms with E-state index in [4.69, 9.17) is 16.9 Å². The number of nitriles is 1. The van der Waals surface area contributed by atoms with Crippen LogP contribution in [0.3, 0.4) is 0 Å². The van der Waals surface area contributed by atoms with E-state index in [0.717, 1.165) is 0 Å². The molecule has 4 heteroatoms. The van der Waals surface area contributed by atoms with Gasteiger partial charge in [-0.25, -0.2) is 0 Å². The highest BCUT2D eigenvalue weighted by atomic mass is 79.9. The molecule has 1 atom stereocenters. The average Bonchev–Trinajstić information content (AvgIpc) is 2.17. The number of rotatable bonds is 2. The van der Waals surface area contributed by atoms with Gasteiger partial charge in [0, 0.05) is 4.47 Å². The summed E-state index contributed by atoms with van der Waals surface area (Å²) < 4.78 is 0.595. The highest BCUT2D eigenvalue weighted by Crippen LogP contribution is 2.30. The zero-order chi connectivity index (χ0) is 10.7. The molecule has 1 rings (SSSR count). The number of alkyl halides is 1. The summed E-state index contributed by atoms with van der Waals surface area (Å²) in [6, 6.07) is 7.11. The van der Waals surface area contributed by atoms with Crippen molar-refractivity contribution >= 4 is 33.3 Å². The summed E-state index contributed by atoms with van der Waals surface area (Å²) in [6.45, 7) is 1.42.